The third-order valence-electron chi connectivity index (χ3n) is 7.05. The number of urea groups is 1. The molecule has 2 heterocycles. The van der Waals surface area contributed by atoms with Gasteiger partial charge in [-0.3, -0.25) is 0 Å². The van der Waals surface area contributed by atoms with Crippen LogP contribution in [0.4, 0.5) is 16.2 Å². The molecule has 0 saturated carbocycles. The first-order valence-electron chi connectivity index (χ1n) is 13.0. The molecule has 1 aromatic heterocycles. The van der Waals surface area contributed by atoms with Gasteiger partial charge in [0.25, 0.3) is 0 Å². The average molecular weight is 517 g/mol. The average Bonchev–Trinajstić information content (AvgIpc) is 3.63. The number of hydrogen-bond acceptors (Lipinski definition) is 5. The van der Waals surface area contributed by atoms with E-state index < -0.39 is 0 Å². The zero-order valence-electron chi connectivity index (χ0n) is 21.7. The van der Waals surface area contributed by atoms with Gasteiger partial charge in [0.1, 0.15) is 11.9 Å². The predicted octanol–water partition coefficient (Wildman–Crippen LogP) is 6.79. The molecule has 8 nitrogen and oxygen atoms in total. The summed E-state index contributed by atoms with van der Waals surface area (Å²) in [6.45, 7) is 4.13. The van der Waals surface area contributed by atoms with Crippen LogP contribution in [0.3, 0.4) is 0 Å². The van der Waals surface area contributed by atoms with Gasteiger partial charge in [-0.25, -0.2) is 9.89 Å². The molecule has 194 valence electrons. The van der Waals surface area contributed by atoms with Gasteiger partial charge in [-0.05, 0) is 64.7 Å². The summed E-state index contributed by atoms with van der Waals surface area (Å²) in [7, 11) is 0. The van der Waals surface area contributed by atoms with Crippen LogP contribution in [0.2, 0.25) is 0 Å². The predicted molar refractivity (Wildman–Crippen MR) is 152 cm³/mol. The topological polar surface area (TPSA) is 105 Å². The third-order valence-corrected chi connectivity index (χ3v) is 7.05. The highest BCUT2D eigenvalue weighted by Crippen LogP contribution is 2.49. The molecule has 2 amide bonds. The maximum Gasteiger partial charge on any atom is 0.323 e. The molecular weight excluding hydrogens is 488 g/mol. The number of carbonyl (C=O) groups excluding carboxylic acids is 1. The lowest BCUT2D eigenvalue weighted by Gasteiger charge is -2.18. The number of aryl methyl sites for hydroxylation is 1. The second kappa shape index (κ2) is 10.4. The van der Waals surface area contributed by atoms with Crippen molar-refractivity contribution < 1.29 is 9.53 Å². The van der Waals surface area contributed by atoms with Gasteiger partial charge >= 0.3 is 6.03 Å². The number of carbonyl (C=O) groups is 1. The number of aromatic nitrogens is 4. The van der Waals surface area contributed by atoms with Crippen LogP contribution >= 0.6 is 0 Å². The van der Waals surface area contributed by atoms with Crippen LogP contribution in [-0.2, 0) is 0 Å². The van der Waals surface area contributed by atoms with Gasteiger partial charge in [0.05, 0.1) is 5.69 Å². The van der Waals surface area contributed by atoms with Crippen LogP contribution in [0.5, 0.6) is 5.75 Å². The number of H-pyrrole nitrogens is 1. The van der Waals surface area contributed by atoms with E-state index in [0.717, 1.165) is 34.2 Å². The van der Waals surface area contributed by atoms with Crippen molar-refractivity contribution in [3.05, 3.63) is 108 Å². The zero-order chi connectivity index (χ0) is 26.8. The van der Waals surface area contributed by atoms with Gasteiger partial charge < -0.3 is 15.4 Å². The lowest BCUT2D eigenvalue weighted by Crippen LogP contribution is -2.20. The largest absolute Gasteiger partial charge is 0.487 e. The Labute approximate surface area is 226 Å². The standard InChI is InChI=1S/C31H28N6O2/c1-3-27-28(20-9-5-4-6-10-20)25-17-21(23-11-7-8-12-24(23)30-34-36-37-35-30)18-26(29(25)39-27)33-31(38)32-22-15-13-19(2)14-16-22/h4-18,27-28H,3H2,1-2H3,(H2,32,33,38)(H,34,35,36,37)/t27-,28+/m1/s1. The monoisotopic (exact) mass is 516 g/mol. The Morgan fingerprint density at radius 2 is 1.67 bits per heavy atom. The van der Waals surface area contributed by atoms with E-state index in [9.17, 15) is 4.79 Å². The SMILES string of the molecule is CC[C@H]1Oc2c(NC(=O)Nc3ccc(C)cc3)cc(-c3ccccc3-c3nnn[nH]3)cc2[C@@H]1c1ccccc1. The molecule has 6 rings (SSSR count). The fraction of sp³-hybridized carbons (Fsp3) is 0.161. The number of tetrazole rings is 1. The lowest BCUT2D eigenvalue weighted by atomic mass is 9.85. The summed E-state index contributed by atoms with van der Waals surface area (Å²) in [5.74, 6) is 1.28. The minimum absolute atomic E-state index is 0.0194. The molecule has 0 unspecified atom stereocenters. The number of amides is 2. The molecule has 5 aromatic rings. The van der Waals surface area contributed by atoms with Crippen LogP contribution in [0, 0.1) is 6.92 Å². The van der Waals surface area contributed by atoms with Crippen LogP contribution in [0.1, 0.15) is 36.0 Å². The van der Waals surface area contributed by atoms with E-state index in [2.05, 4.69) is 56.4 Å². The second-order valence-corrected chi connectivity index (χ2v) is 9.64. The number of nitrogens with zero attached hydrogens (tertiary/aromatic N) is 3. The molecule has 0 bridgehead atoms. The molecule has 39 heavy (non-hydrogen) atoms. The highest BCUT2D eigenvalue weighted by atomic mass is 16.5. The number of anilines is 2. The maximum absolute atomic E-state index is 13.2. The van der Waals surface area contributed by atoms with E-state index in [0.29, 0.717) is 22.9 Å². The highest BCUT2D eigenvalue weighted by molar-refractivity contribution is 6.02. The number of fused-ring (bicyclic) bond motifs is 1. The first kappa shape index (κ1) is 24.4. The minimum atomic E-state index is -0.342. The first-order valence-corrected chi connectivity index (χ1v) is 13.0. The molecule has 3 N–H and O–H groups in total. The summed E-state index contributed by atoms with van der Waals surface area (Å²) >= 11 is 0. The van der Waals surface area contributed by atoms with Gasteiger partial charge in [-0.2, -0.15) is 0 Å². The molecule has 1 aliphatic rings. The molecule has 1 aliphatic heterocycles. The number of benzene rings is 4. The maximum atomic E-state index is 13.2. The number of hydrogen-bond donors (Lipinski definition) is 3. The van der Waals surface area contributed by atoms with Gasteiger partial charge in [0.2, 0.25) is 0 Å². The fourth-order valence-corrected chi connectivity index (χ4v) is 5.19. The Morgan fingerprint density at radius 3 is 2.38 bits per heavy atom. The van der Waals surface area contributed by atoms with Gasteiger partial charge in [-0.1, -0.05) is 79.2 Å². The van der Waals surface area contributed by atoms with Crippen LogP contribution < -0.4 is 15.4 Å². The Hall–Kier alpha value is -4.98. The normalized spacial score (nSPS) is 15.8. The van der Waals surface area contributed by atoms with Gasteiger partial charge in [0, 0.05) is 22.7 Å². The molecule has 0 fully saturated rings. The number of aromatic amines is 1. The summed E-state index contributed by atoms with van der Waals surface area (Å²) in [4.78, 5) is 13.2. The third kappa shape index (κ3) is 4.84. The van der Waals surface area contributed by atoms with Crippen LogP contribution in [-0.4, -0.2) is 32.8 Å². The molecule has 2 atom stereocenters. The molecule has 0 saturated heterocycles. The van der Waals surface area contributed by atoms with Gasteiger partial charge in [-0.15, -0.1) is 5.10 Å². The smallest absolute Gasteiger partial charge is 0.323 e. The molecule has 4 aromatic carbocycles. The zero-order valence-corrected chi connectivity index (χ0v) is 21.7. The number of nitrogens with one attached hydrogen (secondary N) is 3. The van der Waals surface area contributed by atoms with E-state index >= 15 is 0 Å². The van der Waals surface area contributed by atoms with Crippen molar-refractivity contribution >= 4 is 17.4 Å². The van der Waals surface area contributed by atoms with Gasteiger partial charge in [0.15, 0.2) is 5.82 Å². The summed E-state index contributed by atoms with van der Waals surface area (Å²) in [5.41, 5.74) is 7.36. The van der Waals surface area contributed by atoms with Crippen molar-refractivity contribution in [3.8, 4) is 28.3 Å². The van der Waals surface area contributed by atoms with Crippen molar-refractivity contribution in [2.75, 3.05) is 10.6 Å². The first-order chi connectivity index (χ1) is 19.1. The van der Waals surface area contributed by atoms with E-state index in [-0.39, 0.29) is 18.1 Å². The Balaban J connectivity index is 1.46. The van der Waals surface area contributed by atoms with E-state index in [1.165, 1.54) is 5.56 Å². The van der Waals surface area contributed by atoms with Crippen molar-refractivity contribution in [3.63, 3.8) is 0 Å². The molecule has 8 heteroatoms. The Bertz CT molecular complexity index is 1600. The molecule has 0 radical (unpaired) electrons. The summed E-state index contributed by atoms with van der Waals surface area (Å²) in [6.07, 6.45) is 0.755. The Kier molecular flexibility index (Phi) is 6.50. The van der Waals surface area contributed by atoms with Crippen LogP contribution in [0.15, 0.2) is 91.0 Å². The van der Waals surface area contributed by atoms with Crippen LogP contribution in [0.25, 0.3) is 22.5 Å². The van der Waals surface area contributed by atoms with Crippen molar-refractivity contribution in [2.45, 2.75) is 32.3 Å². The van der Waals surface area contributed by atoms with Crippen molar-refractivity contribution in [1.29, 1.82) is 0 Å². The molecular formula is C31H28N6O2. The molecule has 0 aliphatic carbocycles. The number of ether oxygens (including phenoxy) is 1. The molecule has 0 spiro atoms. The summed E-state index contributed by atoms with van der Waals surface area (Å²) < 4.78 is 6.53. The summed E-state index contributed by atoms with van der Waals surface area (Å²) in [5, 5.41) is 20.5. The second-order valence-electron chi connectivity index (χ2n) is 9.64. The number of rotatable bonds is 6. The van der Waals surface area contributed by atoms with E-state index in [4.69, 9.17) is 4.74 Å². The lowest BCUT2D eigenvalue weighted by molar-refractivity contribution is 0.213. The van der Waals surface area contributed by atoms with E-state index in [1.807, 2.05) is 79.7 Å². The van der Waals surface area contributed by atoms with E-state index in [1.54, 1.807) is 0 Å². The highest BCUT2D eigenvalue weighted by Gasteiger charge is 2.37. The van der Waals surface area contributed by atoms with Crippen molar-refractivity contribution in [1.82, 2.24) is 20.6 Å². The minimum Gasteiger partial charge on any atom is -0.487 e. The summed E-state index contributed by atoms with van der Waals surface area (Å²) in [6, 6.07) is 29.8. The fourth-order valence-electron chi connectivity index (χ4n) is 5.19. The quantitative estimate of drug-likeness (QED) is 0.230. The van der Waals surface area contributed by atoms with Crippen molar-refractivity contribution in [2.24, 2.45) is 0 Å². The Morgan fingerprint density at radius 1 is 0.923 bits per heavy atom.